The molecule has 1 rings (SSSR count). The molecule has 0 heterocycles. The Morgan fingerprint density at radius 2 is 1.67 bits per heavy atom. The maximum atomic E-state index is 13.2. The Morgan fingerprint density at radius 3 is 2.22 bits per heavy atom. The molecule has 98 valence electrons. The molecule has 0 bridgehead atoms. The first-order valence-corrected chi connectivity index (χ1v) is 5.19. The second-order valence-corrected chi connectivity index (χ2v) is 3.42. The van der Waals surface area contributed by atoms with Crippen LogP contribution in [0.3, 0.4) is 0 Å². The summed E-state index contributed by atoms with van der Waals surface area (Å²) in [6, 6.07) is 3.28. The second kappa shape index (κ2) is 6.65. The molecule has 0 aliphatic carbocycles. The van der Waals surface area contributed by atoms with Crippen molar-refractivity contribution in [1.29, 1.82) is 0 Å². The van der Waals surface area contributed by atoms with Crippen LogP contribution in [0.25, 0.3) is 0 Å². The fourth-order valence-electron chi connectivity index (χ4n) is 1.18. The third-order valence-corrected chi connectivity index (χ3v) is 2.08. The van der Waals surface area contributed by atoms with Gasteiger partial charge in [-0.15, -0.1) is 0 Å². The molecule has 0 fully saturated rings. The van der Waals surface area contributed by atoms with E-state index in [2.05, 4.69) is 16.0 Å². The van der Waals surface area contributed by atoms with Crippen LogP contribution in [-0.2, 0) is 9.59 Å². The molecule has 0 atom stereocenters. The van der Waals surface area contributed by atoms with Crippen LogP contribution in [0.2, 0.25) is 0 Å². The number of anilines is 1. The van der Waals surface area contributed by atoms with Crippen LogP contribution >= 0.6 is 0 Å². The number of amides is 2. The first-order chi connectivity index (χ1) is 8.54. The highest BCUT2D eigenvalue weighted by atomic mass is 19.1. The van der Waals surface area contributed by atoms with Crippen molar-refractivity contribution in [3.05, 3.63) is 29.8 Å². The minimum absolute atomic E-state index is 0.0519. The molecular weight excluding hydrogens is 244 g/mol. The van der Waals surface area contributed by atoms with Gasteiger partial charge in [0.2, 0.25) is 11.8 Å². The number of para-hydroxylation sites is 1. The summed E-state index contributed by atoms with van der Waals surface area (Å²) in [5, 5.41) is 6.97. The molecule has 5 nitrogen and oxygen atoms in total. The molecule has 0 unspecified atom stereocenters. The quantitative estimate of drug-likeness (QED) is 0.707. The molecule has 3 N–H and O–H groups in total. The lowest BCUT2D eigenvalue weighted by Crippen LogP contribution is -2.36. The van der Waals surface area contributed by atoms with E-state index in [0.29, 0.717) is 0 Å². The molecule has 0 aliphatic rings. The minimum atomic E-state index is -0.852. The zero-order valence-corrected chi connectivity index (χ0v) is 9.72. The predicted octanol–water partition coefficient (Wildman–Crippen LogP) is 0.239. The Bertz CT molecular complexity index is 432. The van der Waals surface area contributed by atoms with Gasteiger partial charge in [-0.05, 0) is 12.1 Å². The summed E-state index contributed by atoms with van der Waals surface area (Å²) >= 11 is 0. The molecule has 0 saturated carbocycles. The standard InChI is InChI=1S/C11H13F2N3O2/c1-14-9(17)5-15-6-10(18)16-11-7(12)3-2-4-8(11)13/h2-4,15H,5-6H2,1H3,(H,14,17)(H,16,18). The van der Waals surface area contributed by atoms with Crippen molar-refractivity contribution in [1.82, 2.24) is 10.6 Å². The number of rotatable bonds is 5. The molecule has 0 saturated heterocycles. The monoisotopic (exact) mass is 257 g/mol. The van der Waals surface area contributed by atoms with Gasteiger partial charge < -0.3 is 10.6 Å². The van der Waals surface area contributed by atoms with Crippen LogP contribution in [0.15, 0.2) is 18.2 Å². The number of carbonyl (C=O) groups excluding carboxylic acids is 2. The van der Waals surface area contributed by atoms with Gasteiger partial charge in [0.15, 0.2) is 0 Å². The van der Waals surface area contributed by atoms with Crippen LogP contribution < -0.4 is 16.0 Å². The first-order valence-electron chi connectivity index (χ1n) is 5.19. The van der Waals surface area contributed by atoms with Crippen molar-refractivity contribution in [3.8, 4) is 0 Å². The number of hydrogen-bond acceptors (Lipinski definition) is 3. The fourth-order valence-corrected chi connectivity index (χ4v) is 1.18. The number of carbonyl (C=O) groups is 2. The van der Waals surface area contributed by atoms with Crippen LogP contribution in [0.4, 0.5) is 14.5 Å². The smallest absolute Gasteiger partial charge is 0.238 e. The first kappa shape index (κ1) is 14.0. The third kappa shape index (κ3) is 4.10. The number of likely N-dealkylation sites (N-methyl/N-ethyl adjacent to an activating group) is 1. The summed E-state index contributed by atoms with van der Waals surface area (Å²) in [7, 11) is 1.46. The van der Waals surface area contributed by atoms with Crippen LogP contribution in [0.5, 0.6) is 0 Å². The summed E-state index contributed by atoms with van der Waals surface area (Å²) in [5.41, 5.74) is -0.496. The maximum absolute atomic E-state index is 13.2. The van der Waals surface area contributed by atoms with Crippen molar-refractivity contribution in [2.45, 2.75) is 0 Å². The summed E-state index contributed by atoms with van der Waals surface area (Å²) < 4.78 is 26.4. The molecule has 0 spiro atoms. The van der Waals surface area contributed by atoms with Gasteiger partial charge in [0.1, 0.15) is 17.3 Å². The van der Waals surface area contributed by atoms with E-state index in [4.69, 9.17) is 0 Å². The van der Waals surface area contributed by atoms with E-state index in [-0.39, 0.29) is 19.0 Å². The average Bonchev–Trinajstić information content (AvgIpc) is 2.34. The van der Waals surface area contributed by atoms with Gasteiger partial charge in [0, 0.05) is 7.05 Å². The van der Waals surface area contributed by atoms with E-state index < -0.39 is 23.2 Å². The van der Waals surface area contributed by atoms with Crippen molar-refractivity contribution in [2.24, 2.45) is 0 Å². The molecule has 1 aromatic rings. The van der Waals surface area contributed by atoms with E-state index >= 15 is 0 Å². The third-order valence-electron chi connectivity index (χ3n) is 2.08. The van der Waals surface area contributed by atoms with Crippen LogP contribution in [0.1, 0.15) is 0 Å². The summed E-state index contributed by atoms with van der Waals surface area (Å²) in [6.45, 7) is -0.273. The van der Waals surface area contributed by atoms with E-state index in [1.807, 2.05) is 0 Å². The van der Waals surface area contributed by atoms with Crippen molar-refractivity contribution >= 4 is 17.5 Å². The Labute approximate surface area is 103 Å². The van der Waals surface area contributed by atoms with Gasteiger partial charge in [-0.1, -0.05) is 6.07 Å². The molecule has 0 aromatic heterocycles. The van der Waals surface area contributed by atoms with Gasteiger partial charge in [-0.3, -0.25) is 14.9 Å². The van der Waals surface area contributed by atoms with E-state index in [9.17, 15) is 18.4 Å². The highest BCUT2D eigenvalue weighted by Crippen LogP contribution is 2.17. The summed E-state index contributed by atoms with van der Waals surface area (Å²) in [5.74, 6) is -2.63. The SMILES string of the molecule is CNC(=O)CNCC(=O)Nc1c(F)cccc1F. The van der Waals surface area contributed by atoms with E-state index in [0.717, 1.165) is 12.1 Å². The lowest BCUT2D eigenvalue weighted by Gasteiger charge is -2.08. The Morgan fingerprint density at radius 1 is 1.11 bits per heavy atom. The zero-order chi connectivity index (χ0) is 13.5. The second-order valence-electron chi connectivity index (χ2n) is 3.42. The largest absolute Gasteiger partial charge is 0.358 e. The van der Waals surface area contributed by atoms with Crippen molar-refractivity contribution in [2.75, 3.05) is 25.5 Å². The molecule has 2 amide bonds. The highest BCUT2D eigenvalue weighted by molar-refractivity contribution is 5.92. The van der Waals surface area contributed by atoms with Gasteiger partial charge >= 0.3 is 0 Å². The number of hydrogen-bond donors (Lipinski definition) is 3. The predicted molar refractivity (Wildman–Crippen MR) is 61.9 cm³/mol. The van der Waals surface area contributed by atoms with E-state index in [1.54, 1.807) is 0 Å². The minimum Gasteiger partial charge on any atom is -0.358 e. The molecular formula is C11H13F2N3O2. The highest BCUT2D eigenvalue weighted by Gasteiger charge is 2.11. The lowest BCUT2D eigenvalue weighted by atomic mass is 10.3. The molecule has 0 aliphatic heterocycles. The van der Waals surface area contributed by atoms with Gasteiger partial charge in [-0.25, -0.2) is 8.78 Å². The van der Waals surface area contributed by atoms with E-state index in [1.165, 1.54) is 13.1 Å². The van der Waals surface area contributed by atoms with Crippen molar-refractivity contribution in [3.63, 3.8) is 0 Å². The maximum Gasteiger partial charge on any atom is 0.238 e. The zero-order valence-electron chi connectivity index (χ0n) is 9.72. The molecule has 0 radical (unpaired) electrons. The Balaban J connectivity index is 2.47. The topological polar surface area (TPSA) is 70.2 Å². The average molecular weight is 257 g/mol. The Kier molecular flexibility index (Phi) is 5.19. The Hall–Kier alpha value is -2.02. The number of halogens is 2. The van der Waals surface area contributed by atoms with Crippen molar-refractivity contribution < 1.29 is 18.4 Å². The number of benzene rings is 1. The molecule has 18 heavy (non-hydrogen) atoms. The van der Waals surface area contributed by atoms with Crippen LogP contribution in [0, 0.1) is 11.6 Å². The molecule has 7 heteroatoms. The lowest BCUT2D eigenvalue weighted by molar-refractivity contribution is -0.120. The molecule has 1 aromatic carbocycles. The van der Waals surface area contributed by atoms with Gasteiger partial charge in [0.25, 0.3) is 0 Å². The van der Waals surface area contributed by atoms with Gasteiger partial charge in [-0.2, -0.15) is 0 Å². The van der Waals surface area contributed by atoms with Gasteiger partial charge in [0.05, 0.1) is 13.1 Å². The summed E-state index contributed by atoms with van der Waals surface area (Å²) in [4.78, 5) is 22.2. The normalized spacial score (nSPS) is 9.94. The summed E-state index contributed by atoms with van der Waals surface area (Å²) in [6.07, 6.45) is 0. The fraction of sp³-hybridized carbons (Fsp3) is 0.273. The van der Waals surface area contributed by atoms with Crippen LogP contribution in [-0.4, -0.2) is 32.0 Å². The number of nitrogens with one attached hydrogen (secondary N) is 3.